The Morgan fingerprint density at radius 1 is 1.23 bits per heavy atom. The molecule has 3 aromatic rings. The third-order valence-corrected chi connectivity index (χ3v) is 4.45. The number of nitro benzene ring substituents is 1. The van der Waals surface area contributed by atoms with E-state index in [-0.39, 0.29) is 34.7 Å². The number of aromatic hydroxyl groups is 1. The zero-order valence-electron chi connectivity index (χ0n) is 15.7. The van der Waals surface area contributed by atoms with E-state index in [4.69, 9.17) is 16.3 Å². The Bertz CT molecular complexity index is 1170. The summed E-state index contributed by atoms with van der Waals surface area (Å²) >= 11 is 5.78. The third kappa shape index (κ3) is 4.76. The average Bonchev–Trinajstić information content (AvgIpc) is 2.71. The van der Waals surface area contributed by atoms with Crippen LogP contribution in [-0.2, 0) is 13.6 Å². The standard InChI is InChI=1S/C20H16ClN3O6/c1-23-11-18(26)17(25)9-14(23)10-22-20(27)12-2-5-15(6-3-12)30-19-7-4-13(21)8-16(19)24(28)29/h2-9,11,26H,10H2,1H3,(H,22,27). The number of hydrogen-bond acceptors (Lipinski definition) is 6. The van der Waals surface area contributed by atoms with Gasteiger partial charge in [-0.15, -0.1) is 0 Å². The molecule has 2 aromatic carbocycles. The zero-order chi connectivity index (χ0) is 21.8. The minimum atomic E-state index is -0.598. The van der Waals surface area contributed by atoms with E-state index in [2.05, 4.69) is 5.32 Å². The molecule has 0 atom stereocenters. The van der Waals surface area contributed by atoms with Crippen molar-refractivity contribution in [3.8, 4) is 17.2 Å². The fourth-order valence-electron chi connectivity index (χ4n) is 2.63. The van der Waals surface area contributed by atoms with Crippen LogP contribution in [0.25, 0.3) is 0 Å². The maximum atomic E-state index is 12.3. The number of halogens is 1. The molecule has 0 saturated heterocycles. The summed E-state index contributed by atoms with van der Waals surface area (Å²) in [4.78, 5) is 34.4. The van der Waals surface area contributed by atoms with Crippen LogP contribution < -0.4 is 15.5 Å². The van der Waals surface area contributed by atoms with Gasteiger partial charge in [0.15, 0.2) is 5.75 Å². The van der Waals surface area contributed by atoms with Gasteiger partial charge in [0, 0.05) is 41.7 Å². The second kappa shape index (κ2) is 8.66. The number of ether oxygens (including phenoxy) is 1. The van der Waals surface area contributed by atoms with Crippen LogP contribution in [0.2, 0.25) is 5.02 Å². The van der Waals surface area contributed by atoms with E-state index < -0.39 is 10.4 Å². The highest BCUT2D eigenvalue weighted by atomic mass is 35.5. The van der Waals surface area contributed by atoms with E-state index in [1.165, 1.54) is 59.3 Å². The van der Waals surface area contributed by atoms with E-state index in [1.54, 1.807) is 7.05 Å². The highest BCUT2D eigenvalue weighted by Gasteiger charge is 2.17. The van der Waals surface area contributed by atoms with Crippen LogP contribution in [0, 0.1) is 10.1 Å². The van der Waals surface area contributed by atoms with Gasteiger partial charge >= 0.3 is 5.69 Å². The van der Waals surface area contributed by atoms with E-state index in [0.29, 0.717) is 17.0 Å². The maximum absolute atomic E-state index is 12.3. The minimum absolute atomic E-state index is 0.0230. The molecule has 0 aliphatic rings. The molecule has 0 saturated carbocycles. The average molecular weight is 430 g/mol. The molecule has 154 valence electrons. The molecule has 2 N–H and O–H groups in total. The molecule has 30 heavy (non-hydrogen) atoms. The third-order valence-electron chi connectivity index (χ3n) is 4.21. The van der Waals surface area contributed by atoms with Crippen molar-refractivity contribution in [2.75, 3.05) is 0 Å². The first-order valence-electron chi connectivity index (χ1n) is 8.63. The van der Waals surface area contributed by atoms with E-state index in [0.717, 1.165) is 0 Å². The van der Waals surface area contributed by atoms with Crippen molar-refractivity contribution in [3.63, 3.8) is 0 Å². The minimum Gasteiger partial charge on any atom is -0.503 e. The Balaban J connectivity index is 1.69. The Kier molecular flexibility index (Phi) is 6.03. The van der Waals surface area contributed by atoms with E-state index in [1.807, 2.05) is 0 Å². The molecule has 0 unspecified atom stereocenters. The van der Waals surface area contributed by atoms with Gasteiger partial charge in [-0.3, -0.25) is 19.7 Å². The molecule has 0 fully saturated rings. The molecular formula is C20H16ClN3O6. The van der Waals surface area contributed by atoms with Crippen LogP contribution in [0.3, 0.4) is 0 Å². The van der Waals surface area contributed by atoms with Gasteiger partial charge in [-0.1, -0.05) is 11.6 Å². The van der Waals surface area contributed by atoms with Crippen molar-refractivity contribution in [1.29, 1.82) is 0 Å². The number of nitrogens with one attached hydrogen (secondary N) is 1. The summed E-state index contributed by atoms with van der Waals surface area (Å²) in [5.74, 6) is -0.434. The smallest absolute Gasteiger partial charge is 0.313 e. The lowest BCUT2D eigenvalue weighted by Crippen LogP contribution is -2.25. The first kappa shape index (κ1) is 20.9. The highest BCUT2D eigenvalue weighted by Crippen LogP contribution is 2.33. The van der Waals surface area contributed by atoms with Crippen molar-refractivity contribution < 1.29 is 19.6 Å². The number of hydrogen-bond donors (Lipinski definition) is 2. The van der Waals surface area contributed by atoms with Crippen LogP contribution >= 0.6 is 11.6 Å². The zero-order valence-corrected chi connectivity index (χ0v) is 16.4. The topological polar surface area (TPSA) is 124 Å². The van der Waals surface area contributed by atoms with Gasteiger partial charge in [0.25, 0.3) is 5.91 Å². The second-order valence-corrected chi connectivity index (χ2v) is 6.74. The Morgan fingerprint density at radius 2 is 1.93 bits per heavy atom. The molecule has 1 amide bonds. The molecule has 0 aliphatic carbocycles. The van der Waals surface area contributed by atoms with Gasteiger partial charge in [-0.25, -0.2) is 0 Å². The number of carbonyl (C=O) groups excluding carboxylic acids is 1. The van der Waals surface area contributed by atoms with Crippen LogP contribution in [0.4, 0.5) is 5.69 Å². The van der Waals surface area contributed by atoms with E-state index >= 15 is 0 Å². The molecule has 9 nitrogen and oxygen atoms in total. The second-order valence-electron chi connectivity index (χ2n) is 6.30. The number of nitrogens with zero attached hydrogens (tertiary/aromatic N) is 2. The van der Waals surface area contributed by atoms with Crippen molar-refractivity contribution >= 4 is 23.2 Å². The van der Waals surface area contributed by atoms with Crippen LogP contribution in [0.5, 0.6) is 17.2 Å². The summed E-state index contributed by atoms with van der Waals surface area (Å²) in [5, 5.41) is 23.4. The lowest BCUT2D eigenvalue weighted by Gasteiger charge is -2.11. The van der Waals surface area contributed by atoms with Crippen molar-refractivity contribution in [1.82, 2.24) is 9.88 Å². The maximum Gasteiger partial charge on any atom is 0.313 e. The summed E-state index contributed by atoms with van der Waals surface area (Å²) in [5.41, 5.74) is 0.0388. The molecule has 10 heteroatoms. The first-order valence-corrected chi connectivity index (χ1v) is 9.01. The van der Waals surface area contributed by atoms with Gasteiger partial charge < -0.3 is 19.7 Å². The SMILES string of the molecule is Cn1cc(O)c(=O)cc1CNC(=O)c1ccc(Oc2ccc(Cl)cc2[N+](=O)[O-])cc1. The van der Waals surface area contributed by atoms with Crippen molar-refractivity contribution in [3.05, 3.63) is 91.3 Å². The largest absolute Gasteiger partial charge is 0.503 e. The number of carbonyl (C=O) groups is 1. The lowest BCUT2D eigenvalue weighted by atomic mass is 10.2. The highest BCUT2D eigenvalue weighted by molar-refractivity contribution is 6.30. The van der Waals surface area contributed by atoms with Crippen LogP contribution in [0.15, 0.2) is 59.5 Å². The van der Waals surface area contributed by atoms with Crippen molar-refractivity contribution in [2.45, 2.75) is 6.54 Å². The summed E-state index contributed by atoms with van der Waals surface area (Å²) in [6, 6.07) is 11.3. The predicted molar refractivity (Wildman–Crippen MR) is 109 cm³/mol. The summed E-state index contributed by atoms with van der Waals surface area (Å²) in [7, 11) is 1.64. The van der Waals surface area contributed by atoms with E-state index in [9.17, 15) is 24.8 Å². The summed E-state index contributed by atoms with van der Waals surface area (Å²) < 4.78 is 7.07. The molecule has 3 rings (SSSR count). The Labute approximate surface area is 175 Å². The number of aromatic nitrogens is 1. The number of benzene rings is 2. The summed E-state index contributed by atoms with van der Waals surface area (Å²) in [6.07, 6.45) is 1.27. The molecule has 0 radical (unpaired) electrons. The van der Waals surface area contributed by atoms with Crippen LogP contribution in [0.1, 0.15) is 16.1 Å². The fourth-order valence-corrected chi connectivity index (χ4v) is 2.79. The quantitative estimate of drug-likeness (QED) is 0.457. The molecule has 0 spiro atoms. The van der Waals surface area contributed by atoms with Gasteiger partial charge in [-0.05, 0) is 36.4 Å². The van der Waals surface area contributed by atoms with Gasteiger partial charge in [0.1, 0.15) is 5.75 Å². The molecule has 0 aliphatic heterocycles. The van der Waals surface area contributed by atoms with Gasteiger partial charge in [0.05, 0.1) is 11.5 Å². The molecule has 1 aromatic heterocycles. The number of nitro groups is 1. The first-order chi connectivity index (χ1) is 14.2. The monoisotopic (exact) mass is 429 g/mol. The molecular weight excluding hydrogens is 414 g/mol. The normalized spacial score (nSPS) is 10.5. The van der Waals surface area contributed by atoms with Crippen molar-refractivity contribution in [2.24, 2.45) is 7.05 Å². The Hall–Kier alpha value is -3.85. The molecule has 0 bridgehead atoms. The summed E-state index contributed by atoms with van der Waals surface area (Å²) in [6.45, 7) is 0.0834. The number of rotatable bonds is 6. The number of aryl methyl sites for hydroxylation is 1. The predicted octanol–water partition coefficient (Wildman–Crippen LogP) is 3.37. The number of amides is 1. The molecule has 1 heterocycles. The fraction of sp³-hybridized carbons (Fsp3) is 0.100. The van der Waals surface area contributed by atoms with Gasteiger partial charge in [0.2, 0.25) is 11.2 Å². The lowest BCUT2D eigenvalue weighted by molar-refractivity contribution is -0.385. The Morgan fingerprint density at radius 3 is 2.60 bits per heavy atom. The number of pyridine rings is 1. The van der Waals surface area contributed by atoms with Crippen LogP contribution in [-0.4, -0.2) is 20.5 Å². The van der Waals surface area contributed by atoms with Gasteiger partial charge in [-0.2, -0.15) is 0 Å².